The molecule has 0 unspecified atom stereocenters. The van der Waals surface area contributed by atoms with Crippen molar-refractivity contribution in [1.29, 1.82) is 0 Å². The number of carbonyl (C=O) groups is 2. The zero-order valence-corrected chi connectivity index (χ0v) is 15.9. The lowest BCUT2D eigenvalue weighted by Crippen LogP contribution is -2.55. The second-order valence-corrected chi connectivity index (χ2v) is 6.17. The van der Waals surface area contributed by atoms with E-state index in [-0.39, 0.29) is 12.1 Å². The van der Waals surface area contributed by atoms with Crippen molar-refractivity contribution in [3.63, 3.8) is 0 Å². The second kappa shape index (κ2) is 10.6. The first-order chi connectivity index (χ1) is 14.7. The Bertz CT molecular complexity index is 946. The third-order valence-corrected chi connectivity index (χ3v) is 3.99. The van der Waals surface area contributed by atoms with Crippen LogP contribution >= 0.6 is 0 Å². The standard InChI is InChI=1S/C9H6F5NO2.C9H10N2O4/c10-8(11,6-4-2-1-3-5-6)9(12,7(16)17)15(13)14;10-8(9(12)13)5-6-1-3-7(4-2-6)11(14)15/h1-5H,(H,16,17);1-4,8H,5,10H2,(H,12,13)/t9-;8-/m10/s1. The van der Waals surface area contributed by atoms with Crippen LogP contribution in [0.3, 0.4) is 0 Å². The van der Waals surface area contributed by atoms with E-state index in [1.807, 2.05) is 0 Å². The summed E-state index contributed by atoms with van der Waals surface area (Å²) in [6, 6.07) is 9.37. The van der Waals surface area contributed by atoms with Gasteiger partial charge in [-0.15, -0.1) is 0 Å². The number of hydrogen-bond donors (Lipinski definition) is 3. The van der Waals surface area contributed by atoms with E-state index in [4.69, 9.17) is 15.9 Å². The summed E-state index contributed by atoms with van der Waals surface area (Å²) >= 11 is 0. The Labute approximate surface area is 176 Å². The van der Waals surface area contributed by atoms with Crippen LogP contribution in [0.2, 0.25) is 0 Å². The molecule has 174 valence electrons. The smallest absolute Gasteiger partial charge is 0.382 e. The van der Waals surface area contributed by atoms with Gasteiger partial charge in [-0.1, -0.05) is 51.4 Å². The molecule has 0 saturated carbocycles. The fourth-order valence-electron chi connectivity index (χ4n) is 2.25. The second-order valence-electron chi connectivity index (χ2n) is 6.17. The molecular formula is C18H16F5N3O6. The zero-order valence-electron chi connectivity index (χ0n) is 15.9. The summed E-state index contributed by atoms with van der Waals surface area (Å²) in [6.07, 6.45) is 0.160. The van der Waals surface area contributed by atoms with Crippen LogP contribution in [0.4, 0.5) is 27.8 Å². The van der Waals surface area contributed by atoms with Gasteiger partial charge in [0.25, 0.3) is 5.69 Å². The minimum absolute atomic E-state index is 0.0253. The summed E-state index contributed by atoms with van der Waals surface area (Å²) in [5.74, 6) is -14.1. The molecule has 32 heavy (non-hydrogen) atoms. The molecule has 2 aromatic rings. The number of carboxylic acids is 2. The van der Waals surface area contributed by atoms with Crippen molar-refractivity contribution in [1.82, 2.24) is 5.34 Å². The molecule has 0 amide bonds. The van der Waals surface area contributed by atoms with Gasteiger partial charge in [0.1, 0.15) is 6.04 Å². The van der Waals surface area contributed by atoms with Crippen LogP contribution in [0, 0.1) is 10.1 Å². The molecule has 0 aliphatic carbocycles. The average molecular weight is 465 g/mol. The SMILES string of the molecule is N[C@@H](Cc1ccc([N+](=O)[O-])cc1)C(=O)O.O=C(O)[C@@](F)(N(F)F)C(F)(F)c1ccccc1. The van der Waals surface area contributed by atoms with Gasteiger partial charge in [0.15, 0.2) is 0 Å². The van der Waals surface area contributed by atoms with Gasteiger partial charge in [-0.3, -0.25) is 14.9 Å². The number of nitro groups is 1. The molecule has 2 aromatic carbocycles. The molecule has 0 saturated heterocycles. The molecule has 0 bridgehead atoms. The van der Waals surface area contributed by atoms with E-state index in [1.54, 1.807) is 0 Å². The van der Waals surface area contributed by atoms with Crippen LogP contribution in [0.1, 0.15) is 11.1 Å². The van der Waals surface area contributed by atoms with Gasteiger partial charge in [0.2, 0.25) is 0 Å². The van der Waals surface area contributed by atoms with Gasteiger partial charge in [-0.05, 0) is 12.0 Å². The van der Waals surface area contributed by atoms with Gasteiger partial charge in [-0.25, -0.2) is 9.18 Å². The van der Waals surface area contributed by atoms with E-state index >= 15 is 0 Å². The topological polar surface area (TPSA) is 147 Å². The van der Waals surface area contributed by atoms with Gasteiger partial charge >= 0.3 is 23.7 Å². The maximum Gasteiger partial charge on any atom is 0.382 e. The zero-order chi connectivity index (χ0) is 24.7. The van der Waals surface area contributed by atoms with Gasteiger partial charge in [0, 0.05) is 17.7 Å². The molecule has 0 aliphatic rings. The van der Waals surface area contributed by atoms with Gasteiger partial charge in [0.05, 0.1) is 10.3 Å². The van der Waals surface area contributed by atoms with Crippen molar-refractivity contribution in [3.05, 3.63) is 75.8 Å². The molecule has 14 heteroatoms. The molecule has 0 heterocycles. The number of alkyl halides is 3. The Hall–Kier alpha value is -3.65. The summed E-state index contributed by atoms with van der Waals surface area (Å²) in [4.78, 5) is 30.6. The number of rotatable bonds is 8. The highest BCUT2D eigenvalue weighted by atomic mass is 19.4. The first kappa shape index (κ1) is 26.4. The molecule has 0 aliphatic heterocycles. The van der Waals surface area contributed by atoms with E-state index in [0.29, 0.717) is 17.7 Å². The number of nitrogens with zero attached hydrogens (tertiary/aromatic N) is 2. The third-order valence-electron chi connectivity index (χ3n) is 3.99. The number of non-ortho nitro benzene ring substituents is 1. The highest BCUT2D eigenvalue weighted by Crippen LogP contribution is 2.44. The number of nitro benzene ring substituents is 1. The van der Waals surface area contributed by atoms with Crippen LogP contribution < -0.4 is 5.73 Å². The van der Waals surface area contributed by atoms with Crippen LogP contribution in [0.25, 0.3) is 0 Å². The summed E-state index contributed by atoms with van der Waals surface area (Å²) in [5.41, 5.74) is 4.79. The first-order valence-electron chi connectivity index (χ1n) is 8.44. The maximum absolute atomic E-state index is 13.4. The number of halogens is 5. The average Bonchev–Trinajstić information content (AvgIpc) is 2.74. The lowest BCUT2D eigenvalue weighted by molar-refractivity contribution is -0.384. The van der Waals surface area contributed by atoms with Crippen molar-refractivity contribution >= 4 is 17.6 Å². The minimum atomic E-state index is -5.12. The van der Waals surface area contributed by atoms with Crippen molar-refractivity contribution in [2.24, 2.45) is 5.73 Å². The number of aliphatic carboxylic acids is 2. The molecule has 0 aromatic heterocycles. The predicted molar refractivity (Wildman–Crippen MR) is 98.3 cm³/mol. The van der Waals surface area contributed by atoms with Gasteiger partial charge < -0.3 is 15.9 Å². The predicted octanol–water partition coefficient (Wildman–Crippen LogP) is 3.15. The largest absolute Gasteiger partial charge is 0.480 e. The normalized spacial score (nSPS) is 14.0. The Balaban J connectivity index is 0.000000323. The molecule has 4 N–H and O–H groups in total. The van der Waals surface area contributed by atoms with Crippen molar-refractivity contribution in [2.75, 3.05) is 0 Å². The Kier molecular flexibility index (Phi) is 8.73. The van der Waals surface area contributed by atoms with Crippen LogP contribution in [0.15, 0.2) is 54.6 Å². The highest BCUT2D eigenvalue weighted by molar-refractivity contribution is 5.78. The number of benzene rings is 2. The fraction of sp³-hybridized carbons (Fsp3) is 0.222. The molecule has 9 nitrogen and oxygen atoms in total. The molecule has 0 spiro atoms. The summed E-state index contributed by atoms with van der Waals surface area (Å²) in [7, 11) is 0. The Morgan fingerprint density at radius 2 is 1.53 bits per heavy atom. The van der Waals surface area contributed by atoms with E-state index in [0.717, 1.165) is 12.1 Å². The first-order valence-corrected chi connectivity index (χ1v) is 8.44. The number of nitrogens with two attached hydrogens (primary N) is 1. The van der Waals surface area contributed by atoms with Crippen molar-refractivity contribution in [3.8, 4) is 0 Å². The quantitative estimate of drug-likeness (QED) is 0.177. The fourth-order valence-corrected chi connectivity index (χ4v) is 2.25. The Morgan fingerprint density at radius 1 is 1.03 bits per heavy atom. The maximum atomic E-state index is 13.4. The van der Waals surface area contributed by atoms with Crippen molar-refractivity contribution in [2.45, 2.75) is 24.2 Å². The van der Waals surface area contributed by atoms with Crippen LogP contribution in [0.5, 0.6) is 0 Å². The highest BCUT2D eigenvalue weighted by Gasteiger charge is 2.68. The summed E-state index contributed by atoms with van der Waals surface area (Å²) < 4.78 is 64.4. The lowest BCUT2D eigenvalue weighted by atomic mass is 9.99. The summed E-state index contributed by atoms with van der Waals surface area (Å²) in [5, 5.41) is 24.5. The monoisotopic (exact) mass is 465 g/mol. The molecule has 2 rings (SSSR count). The number of carboxylic acid groups (broad SMARTS) is 2. The molecule has 0 fully saturated rings. The summed E-state index contributed by atoms with van der Waals surface area (Å²) in [6.45, 7) is 0. The van der Waals surface area contributed by atoms with E-state index < -0.39 is 45.5 Å². The van der Waals surface area contributed by atoms with E-state index in [9.17, 15) is 41.8 Å². The lowest BCUT2D eigenvalue weighted by Gasteiger charge is -2.29. The number of hydrogen-bond acceptors (Lipinski definition) is 6. The molecule has 0 radical (unpaired) electrons. The van der Waals surface area contributed by atoms with Gasteiger partial charge in [-0.2, -0.15) is 8.78 Å². The third kappa shape index (κ3) is 5.95. The molecular weight excluding hydrogens is 449 g/mol. The molecule has 2 atom stereocenters. The van der Waals surface area contributed by atoms with E-state index in [1.165, 1.54) is 30.3 Å². The van der Waals surface area contributed by atoms with Crippen LogP contribution in [-0.4, -0.2) is 44.3 Å². The van der Waals surface area contributed by atoms with Crippen molar-refractivity contribution < 1.29 is 46.9 Å². The Morgan fingerprint density at radius 3 is 1.91 bits per heavy atom. The van der Waals surface area contributed by atoms with E-state index in [2.05, 4.69) is 0 Å². The van der Waals surface area contributed by atoms with Crippen LogP contribution in [-0.2, 0) is 21.9 Å². The minimum Gasteiger partial charge on any atom is -0.480 e.